The maximum absolute atomic E-state index is 13.0. The second-order valence-electron chi connectivity index (χ2n) is 7.30. The van der Waals surface area contributed by atoms with Gasteiger partial charge in [-0.2, -0.15) is 4.72 Å². The number of nitrogens with one attached hydrogen (secondary N) is 1. The van der Waals surface area contributed by atoms with Crippen LogP contribution in [-0.2, 0) is 21.4 Å². The van der Waals surface area contributed by atoms with Crippen LogP contribution in [0.2, 0.25) is 5.02 Å². The van der Waals surface area contributed by atoms with E-state index in [1.807, 2.05) is 26.0 Å². The van der Waals surface area contributed by atoms with Gasteiger partial charge in [0.25, 0.3) is 0 Å². The van der Waals surface area contributed by atoms with Gasteiger partial charge < -0.3 is 9.64 Å². The predicted octanol–water partition coefficient (Wildman–Crippen LogP) is 3.70. The summed E-state index contributed by atoms with van der Waals surface area (Å²) in [6.45, 7) is 4.22. The zero-order valence-corrected chi connectivity index (χ0v) is 18.6. The molecular formula is C21H27ClN2O4S. The molecule has 0 aliphatic heterocycles. The fourth-order valence-electron chi connectivity index (χ4n) is 2.93. The Morgan fingerprint density at radius 1 is 1.17 bits per heavy atom. The van der Waals surface area contributed by atoms with Gasteiger partial charge in [0.2, 0.25) is 15.9 Å². The van der Waals surface area contributed by atoms with Crippen molar-refractivity contribution in [1.29, 1.82) is 0 Å². The highest BCUT2D eigenvalue weighted by Gasteiger charge is 2.28. The number of hydrogen-bond donors (Lipinski definition) is 1. The van der Waals surface area contributed by atoms with Crippen LogP contribution in [0.1, 0.15) is 25.8 Å². The van der Waals surface area contributed by atoms with E-state index in [1.54, 1.807) is 31.3 Å². The van der Waals surface area contributed by atoms with Crippen molar-refractivity contribution in [3.05, 3.63) is 59.1 Å². The highest BCUT2D eigenvalue weighted by molar-refractivity contribution is 7.89. The van der Waals surface area contributed by atoms with Gasteiger partial charge in [-0.05, 0) is 54.3 Å². The monoisotopic (exact) mass is 438 g/mol. The van der Waals surface area contributed by atoms with Crippen molar-refractivity contribution >= 4 is 27.5 Å². The minimum Gasteiger partial charge on any atom is -0.497 e. The summed E-state index contributed by atoms with van der Waals surface area (Å²) in [5, 5.41) is 0.585. The summed E-state index contributed by atoms with van der Waals surface area (Å²) in [5.41, 5.74) is 0.870. The Hall–Kier alpha value is -2.09. The molecule has 1 unspecified atom stereocenters. The fraction of sp³-hybridized carbons (Fsp3) is 0.381. The van der Waals surface area contributed by atoms with E-state index in [1.165, 1.54) is 24.1 Å². The van der Waals surface area contributed by atoms with Crippen LogP contribution >= 0.6 is 11.6 Å². The zero-order valence-electron chi connectivity index (χ0n) is 17.1. The average Bonchev–Trinajstić information content (AvgIpc) is 2.66. The third-order valence-electron chi connectivity index (χ3n) is 4.36. The molecule has 2 rings (SSSR count). The summed E-state index contributed by atoms with van der Waals surface area (Å²) in [4.78, 5) is 14.6. The number of halogens is 1. The lowest BCUT2D eigenvalue weighted by atomic mass is 10.0. The Morgan fingerprint density at radius 2 is 1.83 bits per heavy atom. The molecule has 0 saturated carbocycles. The van der Waals surface area contributed by atoms with Crippen molar-refractivity contribution in [3.63, 3.8) is 0 Å². The molecular weight excluding hydrogens is 412 g/mol. The maximum Gasteiger partial charge on any atom is 0.241 e. The summed E-state index contributed by atoms with van der Waals surface area (Å²) in [6, 6.07) is 12.4. The van der Waals surface area contributed by atoms with Crippen LogP contribution in [0.15, 0.2) is 53.4 Å². The number of likely N-dealkylation sites (N-methyl/N-ethyl adjacent to an activating group) is 1. The van der Waals surface area contributed by atoms with Gasteiger partial charge in [0.1, 0.15) is 11.8 Å². The first-order valence-corrected chi connectivity index (χ1v) is 11.1. The van der Waals surface area contributed by atoms with Gasteiger partial charge in [0.05, 0.1) is 12.0 Å². The van der Waals surface area contributed by atoms with Crippen molar-refractivity contribution in [1.82, 2.24) is 9.62 Å². The van der Waals surface area contributed by atoms with Gasteiger partial charge in [0.15, 0.2) is 0 Å². The predicted molar refractivity (Wildman–Crippen MR) is 114 cm³/mol. The SMILES string of the molecule is COc1ccc(S(=O)(=O)NC(CC(C)C)C(=O)N(C)Cc2cccc(Cl)c2)cc1. The third kappa shape index (κ3) is 6.73. The minimum atomic E-state index is -3.86. The van der Waals surface area contributed by atoms with E-state index in [4.69, 9.17) is 16.3 Å². The second-order valence-corrected chi connectivity index (χ2v) is 9.45. The average molecular weight is 439 g/mol. The molecule has 1 amide bonds. The Bertz CT molecular complexity index is 930. The summed E-state index contributed by atoms with van der Waals surface area (Å²) >= 11 is 6.01. The molecule has 0 radical (unpaired) electrons. The number of benzene rings is 2. The molecule has 0 heterocycles. The quantitative estimate of drug-likeness (QED) is 0.647. The first kappa shape index (κ1) is 23.2. The van der Waals surface area contributed by atoms with Crippen molar-refractivity contribution in [2.45, 2.75) is 37.8 Å². The van der Waals surface area contributed by atoms with Crippen molar-refractivity contribution in [2.24, 2.45) is 5.92 Å². The molecule has 0 aliphatic rings. The Morgan fingerprint density at radius 3 is 2.38 bits per heavy atom. The maximum atomic E-state index is 13.0. The molecule has 2 aromatic carbocycles. The van der Waals surface area contributed by atoms with Crippen molar-refractivity contribution < 1.29 is 17.9 Å². The first-order valence-electron chi connectivity index (χ1n) is 9.28. The Labute approximate surface area is 177 Å². The second kappa shape index (κ2) is 10.1. The first-order chi connectivity index (χ1) is 13.6. The standard InChI is InChI=1S/C21H27ClN2O4S/c1-15(2)12-20(21(25)24(3)14-16-6-5-7-17(22)13-16)23-29(26,27)19-10-8-18(28-4)9-11-19/h5-11,13,15,20,23H,12,14H2,1-4H3. The van der Waals surface area contributed by atoms with E-state index in [0.717, 1.165) is 5.56 Å². The molecule has 6 nitrogen and oxygen atoms in total. The molecule has 1 N–H and O–H groups in total. The molecule has 158 valence electrons. The number of hydrogen-bond acceptors (Lipinski definition) is 4. The molecule has 0 aromatic heterocycles. The molecule has 29 heavy (non-hydrogen) atoms. The summed E-state index contributed by atoms with van der Waals surface area (Å²) in [7, 11) is -0.703. The van der Waals surface area contributed by atoms with Crippen LogP contribution in [0.3, 0.4) is 0 Å². The normalized spacial score (nSPS) is 12.6. The number of methoxy groups -OCH3 is 1. The highest BCUT2D eigenvalue weighted by Crippen LogP contribution is 2.18. The molecule has 0 bridgehead atoms. The lowest BCUT2D eigenvalue weighted by molar-refractivity contribution is -0.132. The van der Waals surface area contributed by atoms with Crippen LogP contribution < -0.4 is 9.46 Å². The highest BCUT2D eigenvalue weighted by atomic mass is 35.5. The zero-order chi connectivity index (χ0) is 21.6. The smallest absolute Gasteiger partial charge is 0.241 e. The molecule has 0 saturated heterocycles. The third-order valence-corrected chi connectivity index (χ3v) is 6.08. The lowest BCUT2D eigenvalue weighted by Crippen LogP contribution is -2.47. The van der Waals surface area contributed by atoms with Crippen LogP contribution in [0.4, 0.5) is 0 Å². The van der Waals surface area contributed by atoms with Gasteiger partial charge in [0, 0.05) is 18.6 Å². The van der Waals surface area contributed by atoms with Crippen LogP contribution in [0.25, 0.3) is 0 Å². The number of ether oxygens (including phenoxy) is 1. The Kier molecular flexibility index (Phi) is 8.07. The number of sulfonamides is 1. The molecule has 1 atom stereocenters. The van der Waals surface area contributed by atoms with E-state index < -0.39 is 16.1 Å². The van der Waals surface area contributed by atoms with E-state index in [0.29, 0.717) is 23.7 Å². The lowest BCUT2D eigenvalue weighted by Gasteiger charge is -2.26. The van der Waals surface area contributed by atoms with E-state index >= 15 is 0 Å². The molecule has 0 aliphatic carbocycles. The van der Waals surface area contributed by atoms with Gasteiger partial charge in [-0.3, -0.25) is 4.79 Å². The van der Waals surface area contributed by atoms with E-state index in [9.17, 15) is 13.2 Å². The van der Waals surface area contributed by atoms with Crippen molar-refractivity contribution in [3.8, 4) is 5.75 Å². The van der Waals surface area contributed by atoms with Crippen LogP contribution in [0.5, 0.6) is 5.75 Å². The van der Waals surface area contributed by atoms with E-state index in [2.05, 4.69) is 4.72 Å². The van der Waals surface area contributed by atoms with Crippen molar-refractivity contribution in [2.75, 3.05) is 14.2 Å². The number of amides is 1. The number of carbonyl (C=O) groups is 1. The van der Waals surface area contributed by atoms with Gasteiger partial charge >= 0.3 is 0 Å². The number of rotatable bonds is 9. The summed E-state index contributed by atoms with van der Waals surface area (Å²) < 4.78 is 33.3. The number of carbonyl (C=O) groups excluding carboxylic acids is 1. The Balaban J connectivity index is 2.19. The number of nitrogens with zero attached hydrogens (tertiary/aromatic N) is 1. The summed E-state index contributed by atoms with van der Waals surface area (Å²) in [6.07, 6.45) is 0.383. The topological polar surface area (TPSA) is 75.7 Å². The minimum absolute atomic E-state index is 0.0809. The molecule has 0 fully saturated rings. The fourth-order valence-corrected chi connectivity index (χ4v) is 4.35. The van der Waals surface area contributed by atoms with Crippen LogP contribution in [-0.4, -0.2) is 39.4 Å². The van der Waals surface area contributed by atoms with Gasteiger partial charge in [-0.25, -0.2) is 8.42 Å². The van der Waals surface area contributed by atoms with Crippen LogP contribution in [0, 0.1) is 5.92 Å². The largest absolute Gasteiger partial charge is 0.497 e. The molecule has 8 heteroatoms. The van der Waals surface area contributed by atoms with E-state index in [-0.39, 0.29) is 16.7 Å². The summed E-state index contributed by atoms with van der Waals surface area (Å²) in [5.74, 6) is 0.387. The molecule has 0 spiro atoms. The molecule has 2 aromatic rings. The van der Waals surface area contributed by atoms with Gasteiger partial charge in [-0.1, -0.05) is 37.6 Å². The van der Waals surface area contributed by atoms with Gasteiger partial charge in [-0.15, -0.1) is 0 Å².